The highest BCUT2D eigenvalue weighted by molar-refractivity contribution is 9.11. The molecule has 0 aliphatic rings. The Morgan fingerprint density at radius 3 is 2.12 bits per heavy atom. The molecule has 0 aliphatic carbocycles. The molecule has 0 atom stereocenters. The van der Waals surface area contributed by atoms with Crippen LogP contribution in [0, 0.1) is 4.91 Å². The molecule has 9 heteroatoms. The molecule has 3 rings (SSSR count). The maximum atomic E-state index is 12.3. The molecule has 0 unspecified atom stereocenters. The lowest BCUT2D eigenvalue weighted by molar-refractivity contribution is 0.603. The topological polar surface area (TPSA) is 78.8 Å². The van der Waals surface area contributed by atoms with Gasteiger partial charge >= 0.3 is 0 Å². The van der Waals surface area contributed by atoms with Crippen molar-refractivity contribution in [1.82, 2.24) is 0 Å². The summed E-state index contributed by atoms with van der Waals surface area (Å²) < 4.78 is 28.1. The standard InChI is InChI=1S/C16H12BrN3O3S2/c17-15-10-11-16(24-15)25(22,23)18-12-6-8-14(9-7-12)20(19-21)13-4-2-1-3-5-13/h1-11,18H. The number of nitrogens with one attached hydrogen (secondary N) is 1. The zero-order chi connectivity index (χ0) is 17.9. The molecule has 0 saturated carbocycles. The van der Waals surface area contributed by atoms with Gasteiger partial charge in [-0.25, -0.2) is 8.42 Å². The Morgan fingerprint density at radius 2 is 1.56 bits per heavy atom. The van der Waals surface area contributed by atoms with Gasteiger partial charge in [-0.3, -0.25) is 4.72 Å². The molecule has 0 amide bonds. The Morgan fingerprint density at radius 1 is 0.920 bits per heavy atom. The third-order valence-electron chi connectivity index (χ3n) is 3.26. The molecule has 1 aromatic heterocycles. The summed E-state index contributed by atoms with van der Waals surface area (Å²) in [5.74, 6) is 0. The van der Waals surface area contributed by atoms with Crippen molar-refractivity contribution < 1.29 is 8.42 Å². The van der Waals surface area contributed by atoms with Crippen LogP contribution in [-0.4, -0.2) is 8.42 Å². The zero-order valence-corrected chi connectivity index (χ0v) is 15.9. The van der Waals surface area contributed by atoms with Gasteiger partial charge in [-0.05, 0) is 64.5 Å². The average molecular weight is 438 g/mol. The molecule has 1 N–H and O–H groups in total. The predicted molar refractivity (Wildman–Crippen MR) is 104 cm³/mol. The highest BCUT2D eigenvalue weighted by atomic mass is 79.9. The highest BCUT2D eigenvalue weighted by Crippen LogP contribution is 2.29. The van der Waals surface area contributed by atoms with E-state index in [-0.39, 0.29) is 4.21 Å². The van der Waals surface area contributed by atoms with E-state index in [1.54, 1.807) is 54.6 Å². The minimum absolute atomic E-state index is 0.212. The Labute approximate surface area is 157 Å². The minimum atomic E-state index is -3.64. The van der Waals surface area contributed by atoms with Crippen molar-refractivity contribution in [2.75, 3.05) is 9.73 Å². The van der Waals surface area contributed by atoms with Crippen molar-refractivity contribution in [2.45, 2.75) is 4.21 Å². The van der Waals surface area contributed by atoms with Gasteiger partial charge in [0.15, 0.2) is 0 Å². The van der Waals surface area contributed by atoms with Crippen molar-refractivity contribution in [3.05, 3.63) is 75.4 Å². The van der Waals surface area contributed by atoms with E-state index < -0.39 is 10.0 Å². The summed E-state index contributed by atoms with van der Waals surface area (Å²) in [7, 11) is -3.64. The maximum absolute atomic E-state index is 12.3. The fourth-order valence-corrected chi connectivity index (χ4v) is 5.20. The number of nitrogens with zero attached hydrogens (tertiary/aromatic N) is 2. The molecule has 1 heterocycles. The molecule has 0 saturated heterocycles. The third kappa shape index (κ3) is 4.06. The number of para-hydroxylation sites is 1. The summed E-state index contributed by atoms with van der Waals surface area (Å²) in [6, 6.07) is 18.6. The van der Waals surface area contributed by atoms with Crippen LogP contribution in [0.2, 0.25) is 0 Å². The summed E-state index contributed by atoms with van der Waals surface area (Å²) in [6.07, 6.45) is 0. The van der Waals surface area contributed by atoms with Gasteiger partial charge in [-0.1, -0.05) is 18.2 Å². The molecule has 0 radical (unpaired) electrons. The van der Waals surface area contributed by atoms with Crippen molar-refractivity contribution in [3.63, 3.8) is 0 Å². The van der Waals surface area contributed by atoms with Crippen LogP contribution in [0.15, 0.2) is 80.0 Å². The molecule has 3 aromatic rings. The number of rotatable bonds is 6. The summed E-state index contributed by atoms with van der Waals surface area (Å²) in [5.41, 5.74) is 1.55. The van der Waals surface area contributed by atoms with Crippen molar-refractivity contribution in [1.29, 1.82) is 0 Å². The second-order valence-electron chi connectivity index (χ2n) is 4.94. The molecule has 6 nitrogen and oxygen atoms in total. The predicted octanol–water partition coefficient (Wildman–Crippen LogP) is 5.13. The lowest BCUT2D eigenvalue weighted by Gasteiger charge is -2.15. The third-order valence-corrected chi connectivity index (χ3v) is 6.76. The molecule has 0 fully saturated rings. The Balaban J connectivity index is 1.81. The molecular formula is C16H12BrN3O3S2. The van der Waals surface area contributed by atoms with E-state index in [1.807, 2.05) is 6.07 Å². The number of thiophene rings is 1. The summed E-state index contributed by atoms with van der Waals surface area (Å²) in [6.45, 7) is 0. The largest absolute Gasteiger partial charge is 0.279 e. The number of sulfonamides is 1. The van der Waals surface area contributed by atoms with E-state index in [0.717, 1.165) is 15.1 Å². The fraction of sp³-hybridized carbons (Fsp3) is 0. The first-order chi connectivity index (χ1) is 12.0. The SMILES string of the molecule is O=NN(c1ccccc1)c1ccc(NS(=O)(=O)c2ccc(Br)s2)cc1. The van der Waals surface area contributed by atoms with Crippen LogP contribution in [0.1, 0.15) is 0 Å². The Bertz CT molecular complexity index is 973. The van der Waals surface area contributed by atoms with Gasteiger partial charge in [-0.15, -0.1) is 16.2 Å². The van der Waals surface area contributed by atoms with Crippen molar-refractivity contribution in [2.24, 2.45) is 5.29 Å². The van der Waals surface area contributed by atoms with E-state index in [2.05, 4.69) is 25.9 Å². The van der Waals surface area contributed by atoms with Gasteiger partial charge in [0.2, 0.25) is 0 Å². The highest BCUT2D eigenvalue weighted by Gasteiger charge is 2.17. The Hall–Kier alpha value is -2.23. The normalized spacial score (nSPS) is 11.1. The van der Waals surface area contributed by atoms with Crippen LogP contribution in [0.4, 0.5) is 17.1 Å². The number of hydrogen-bond acceptors (Lipinski definition) is 5. The first-order valence-electron chi connectivity index (χ1n) is 7.06. The molecule has 25 heavy (non-hydrogen) atoms. The van der Waals surface area contributed by atoms with Gasteiger partial charge in [0.05, 0.1) is 20.4 Å². The molecule has 128 valence electrons. The first kappa shape index (κ1) is 17.6. The smallest absolute Gasteiger partial charge is 0.271 e. The van der Waals surface area contributed by atoms with Crippen LogP contribution in [0.3, 0.4) is 0 Å². The van der Waals surface area contributed by atoms with E-state index in [9.17, 15) is 13.3 Å². The van der Waals surface area contributed by atoms with E-state index in [0.29, 0.717) is 17.1 Å². The Kier molecular flexibility index (Phi) is 5.16. The van der Waals surface area contributed by atoms with Gasteiger partial charge in [0, 0.05) is 5.69 Å². The lowest BCUT2D eigenvalue weighted by atomic mass is 10.2. The molecule has 0 bridgehead atoms. The number of halogens is 1. The van der Waals surface area contributed by atoms with Crippen LogP contribution in [0.25, 0.3) is 0 Å². The molecule has 0 spiro atoms. The van der Waals surface area contributed by atoms with Crippen molar-refractivity contribution in [3.8, 4) is 0 Å². The van der Waals surface area contributed by atoms with Gasteiger partial charge in [0.25, 0.3) is 10.0 Å². The second kappa shape index (κ2) is 7.34. The van der Waals surface area contributed by atoms with E-state index in [4.69, 9.17) is 0 Å². The van der Waals surface area contributed by atoms with E-state index in [1.165, 1.54) is 11.1 Å². The quantitative estimate of drug-likeness (QED) is 0.428. The number of benzene rings is 2. The van der Waals surface area contributed by atoms with Gasteiger partial charge in [0.1, 0.15) is 4.21 Å². The van der Waals surface area contributed by atoms with Crippen LogP contribution < -0.4 is 9.73 Å². The lowest BCUT2D eigenvalue weighted by Crippen LogP contribution is -2.12. The van der Waals surface area contributed by atoms with Crippen LogP contribution in [-0.2, 0) is 10.0 Å². The summed E-state index contributed by atoms with van der Waals surface area (Å²) >= 11 is 4.37. The molecule has 2 aromatic carbocycles. The number of anilines is 3. The van der Waals surface area contributed by atoms with Gasteiger partial charge < -0.3 is 0 Å². The fourth-order valence-electron chi connectivity index (χ4n) is 2.13. The van der Waals surface area contributed by atoms with Crippen molar-refractivity contribution >= 4 is 54.4 Å². The number of hydrogen-bond donors (Lipinski definition) is 1. The first-order valence-corrected chi connectivity index (χ1v) is 10.2. The minimum Gasteiger partial charge on any atom is -0.279 e. The molecule has 0 aliphatic heterocycles. The van der Waals surface area contributed by atoms with Crippen LogP contribution >= 0.6 is 27.3 Å². The summed E-state index contributed by atoms with van der Waals surface area (Å²) in [5, 5.41) is 4.26. The monoisotopic (exact) mass is 437 g/mol. The number of nitroso groups, excluding NO2 is 1. The maximum Gasteiger partial charge on any atom is 0.271 e. The summed E-state index contributed by atoms with van der Waals surface area (Å²) in [4.78, 5) is 11.2. The second-order valence-corrected chi connectivity index (χ2v) is 9.31. The average Bonchev–Trinajstić information content (AvgIpc) is 3.05. The van der Waals surface area contributed by atoms with Gasteiger partial charge in [-0.2, -0.15) is 5.01 Å². The zero-order valence-electron chi connectivity index (χ0n) is 12.7. The molecular weight excluding hydrogens is 426 g/mol. The van der Waals surface area contributed by atoms with E-state index >= 15 is 0 Å². The van der Waals surface area contributed by atoms with Crippen LogP contribution in [0.5, 0.6) is 0 Å².